The van der Waals surface area contributed by atoms with Crippen LogP contribution in [0.25, 0.3) is 0 Å². The molecule has 1 atom stereocenters. The summed E-state index contributed by atoms with van der Waals surface area (Å²) in [6, 6.07) is 0.684. The molecule has 19 heavy (non-hydrogen) atoms. The van der Waals surface area contributed by atoms with Crippen molar-refractivity contribution < 1.29 is 4.74 Å². The molecule has 2 aliphatic heterocycles. The summed E-state index contributed by atoms with van der Waals surface area (Å²) >= 11 is 0. The lowest BCUT2D eigenvalue weighted by atomic mass is 10.2. The summed E-state index contributed by atoms with van der Waals surface area (Å²) in [5.41, 5.74) is 0. The van der Waals surface area contributed by atoms with Crippen LogP contribution in [0.15, 0.2) is 4.99 Å². The highest BCUT2D eigenvalue weighted by molar-refractivity contribution is 5.80. The number of nitrogens with one attached hydrogen (secondary N) is 1. The minimum Gasteiger partial charge on any atom is -0.379 e. The van der Waals surface area contributed by atoms with E-state index in [0.29, 0.717) is 6.04 Å². The van der Waals surface area contributed by atoms with E-state index in [9.17, 15) is 0 Å². The van der Waals surface area contributed by atoms with Gasteiger partial charge in [-0.3, -0.25) is 9.89 Å². The minimum absolute atomic E-state index is 0.684. The van der Waals surface area contributed by atoms with Gasteiger partial charge in [0, 0.05) is 45.8 Å². The fraction of sp³-hybridized carbons (Fsp3) is 0.929. The van der Waals surface area contributed by atoms with Gasteiger partial charge in [0.1, 0.15) is 0 Å². The number of hydrogen-bond acceptors (Lipinski definition) is 3. The summed E-state index contributed by atoms with van der Waals surface area (Å²) in [7, 11) is 1.90. The highest BCUT2D eigenvalue weighted by Crippen LogP contribution is 2.27. The van der Waals surface area contributed by atoms with Gasteiger partial charge in [0.15, 0.2) is 5.96 Å². The van der Waals surface area contributed by atoms with E-state index in [1.54, 1.807) is 0 Å². The number of likely N-dealkylation sites (tertiary alicyclic amines) is 1. The highest BCUT2D eigenvalue weighted by Gasteiger charge is 2.30. The van der Waals surface area contributed by atoms with Crippen LogP contribution in [-0.2, 0) is 4.74 Å². The number of guanidine groups is 1. The lowest BCUT2D eigenvalue weighted by Crippen LogP contribution is -2.46. The van der Waals surface area contributed by atoms with E-state index in [4.69, 9.17) is 4.74 Å². The molecule has 0 aromatic carbocycles. The summed E-state index contributed by atoms with van der Waals surface area (Å²) in [5.74, 6) is 2.00. The van der Waals surface area contributed by atoms with Crippen LogP contribution in [0.4, 0.5) is 0 Å². The van der Waals surface area contributed by atoms with Crippen LogP contribution in [0.2, 0.25) is 0 Å². The van der Waals surface area contributed by atoms with Crippen molar-refractivity contribution in [2.24, 2.45) is 10.9 Å². The molecule has 5 nitrogen and oxygen atoms in total. The average molecular weight is 266 g/mol. The van der Waals surface area contributed by atoms with Crippen molar-refractivity contribution in [3.05, 3.63) is 0 Å². The molecular weight excluding hydrogens is 240 g/mol. The minimum atomic E-state index is 0.684. The molecule has 1 aliphatic carbocycles. The molecule has 108 valence electrons. The standard InChI is InChI=1S/C14H26N4O/c1-15-14(16-10-12-2-3-12)18-5-4-13(11-18)17-6-8-19-9-7-17/h12-13H,2-11H2,1H3,(H,15,16). The molecule has 1 N–H and O–H groups in total. The molecule has 2 saturated heterocycles. The Kier molecular flexibility index (Phi) is 4.23. The monoisotopic (exact) mass is 266 g/mol. The van der Waals surface area contributed by atoms with E-state index in [2.05, 4.69) is 20.1 Å². The third-order valence-corrected chi connectivity index (χ3v) is 4.48. The van der Waals surface area contributed by atoms with E-state index >= 15 is 0 Å². The van der Waals surface area contributed by atoms with E-state index < -0.39 is 0 Å². The molecule has 1 unspecified atom stereocenters. The topological polar surface area (TPSA) is 40.1 Å². The number of ether oxygens (including phenoxy) is 1. The van der Waals surface area contributed by atoms with Crippen molar-refractivity contribution in [2.45, 2.75) is 25.3 Å². The summed E-state index contributed by atoms with van der Waals surface area (Å²) in [6.07, 6.45) is 4.03. The van der Waals surface area contributed by atoms with Crippen molar-refractivity contribution in [3.63, 3.8) is 0 Å². The molecule has 0 aromatic heterocycles. The maximum absolute atomic E-state index is 5.44. The highest BCUT2D eigenvalue weighted by atomic mass is 16.5. The van der Waals surface area contributed by atoms with Crippen LogP contribution in [-0.4, -0.2) is 74.8 Å². The van der Waals surface area contributed by atoms with E-state index in [1.165, 1.54) is 19.3 Å². The fourth-order valence-electron chi connectivity index (χ4n) is 3.06. The maximum atomic E-state index is 5.44. The molecule has 1 saturated carbocycles. The molecule has 3 aliphatic rings. The third-order valence-electron chi connectivity index (χ3n) is 4.48. The van der Waals surface area contributed by atoms with Crippen LogP contribution in [0.1, 0.15) is 19.3 Å². The summed E-state index contributed by atoms with van der Waals surface area (Å²) in [5, 5.41) is 3.53. The van der Waals surface area contributed by atoms with Crippen LogP contribution in [0.5, 0.6) is 0 Å². The summed E-state index contributed by atoms with van der Waals surface area (Å²) < 4.78 is 5.44. The molecule has 2 heterocycles. The zero-order chi connectivity index (χ0) is 13.1. The van der Waals surface area contributed by atoms with Gasteiger partial charge in [-0.2, -0.15) is 0 Å². The quantitative estimate of drug-likeness (QED) is 0.592. The molecule has 0 spiro atoms. The molecule has 0 aromatic rings. The molecule has 5 heteroatoms. The molecule has 0 bridgehead atoms. The molecule has 0 radical (unpaired) electrons. The molecular formula is C14H26N4O. The Hall–Kier alpha value is -0.810. The zero-order valence-corrected chi connectivity index (χ0v) is 12.0. The van der Waals surface area contributed by atoms with Crippen LogP contribution in [0.3, 0.4) is 0 Å². The Bertz CT molecular complexity index is 323. The SMILES string of the molecule is CN=C(NCC1CC1)N1CCC(N2CCOCC2)C1. The van der Waals surface area contributed by atoms with E-state index in [1.807, 2.05) is 7.05 Å². The Morgan fingerprint density at radius 1 is 1.21 bits per heavy atom. The van der Waals surface area contributed by atoms with Gasteiger partial charge in [-0.25, -0.2) is 0 Å². The van der Waals surface area contributed by atoms with Crippen LogP contribution >= 0.6 is 0 Å². The van der Waals surface area contributed by atoms with Gasteiger partial charge >= 0.3 is 0 Å². The largest absolute Gasteiger partial charge is 0.379 e. The normalized spacial score (nSPS) is 29.8. The predicted octanol–water partition coefficient (Wildman–Crippen LogP) is 0.378. The Morgan fingerprint density at radius 3 is 2.68 bits per heavy atom. The van der Waals surface area contributed by atoms with Gasteiger partial charge in [0.25, 0.3) is 0 Å². The predicted molar refractivity (Wildman–Crippen MR) is 76.5 cm³/mol. The Labute approximate surface area is 116 Å². The second kappa shape index (κ2) is 6.09. The number of aliphatic imine (C=N–C) groups is 1. The first-order chi connectivity index (χ1) is 9.36. The van der Waals surface area contributed by atoms with Crippen LogP contribution in [0, 0.1) is 5.92 Å². The van der Waals surface area contributed by atoms with Gasteiger partial charge in [-0.05, 0) is 25.2 Å². The van der Waals surface area contributed by atoms with Gasteiger partial charge in [-0.1, -0.05) is 0 Å². The van der Waals surface area contributed by atoms with Gasteiger partial charge in [0.05, 0.1) is 13.2 Å². The maximum Gasteiger partial charge on any atom is 0.193 e. The van der Waals surface area contributed by atoms with Crippen molar-refractivity contribution in [2.75, 3.05) is 53.0 Å². The molecule has 0 amide bonds. The van der Waals surface area contributed by atoms with Crippen molar-refractivity contribution >= 4 is 5.96 Å². The smallest absolute Gasteiger partial charge is 0.193 e. The molecule has 3 fully saturated rings. The van der Waals surface area contributed by atoms with Crippen molar-refractivity contribution in [3.8, 4) is 0 Å². The van der Waals surface area contributed by atoms with E-state index in [-0.39, 0.29) is 0 Å². The number of nitrogens with zero attached hydrogens (tertiary/aromatic N) is 3. The first kappa shape index (κ1) is 13.2. The van der Waals surface area contributed by atoms with Crippen LogP contribution < -0.4 is 5.32 Å². The third kappa shape index (κ3) is 3.39. The molecule has 3 rings (SSSR count). The summed E-state index contributed by atoms with van der Waals surface area (Å²) in [4.78, 5) is 9.44. The second-order valence-electron chi connectivity index (χ2n) is 5.91. The lowest BCUT2D eigenvalue weighted by molar-refractivity contribution is 0.0195. The Morgan fingerprint density at radius 2 is 2.00 bits per heavy atom. The van der Waals surface area contributed by atoms with Gasteiger partial charge in [0.2, 0.25) is 0 Å². The average Bonchev–Trinajstić information content (AvgIpc) is 3.16. The van der Waals surface area contributed by atoms with Crippen molar-refractivity contribution in [1.82, 2.24) is 15.1 Å². The number of rotatable bonds is 3. The first-order valence-corrected chi connectivity index (χ1v) is 7.64. The number of morpholine rings is 1. The first-order valence-electron chi connectivity index (χ1n) is 7.64. The second-order valence-corrected chi connectivity index (χ2v) is 5.91. The van der Waals surface area contributed by atoms with Crippen molar-refractivity contribution in [1.29, 1.82) is 0 Å². The Balaban J connectivity index is 1.48. The van der Waals surface area contributed by atoms with E-state index in [0.717, 1.165) is 57.8 Å². The van der Waals surface area contributed by atoms with Gasteiger partial charge in [-0.15, -0.1) is 0 Å². The zero-order valence-electron chi connectivity index (χ0n) is 12.0. The van der Waals surface area contributed by atoms with Gasteiger partial charge < -0.3 is 15.0 Å². The lowest BCUT2D eigenvalue weighted by Gasteiger charge is -2.32. The summed E-state index contributed by atoms with van der Waals surface area (Å²) in [6.45, 7) is 7.32. The fourth-order valence-corrected chi connectivity index (χ4v) is 3.06. The number of hydrogen-bond donors (Lipinski definition) is 1.